The average Bonchev–Trinajstić information content (AvgIpc) is 3.22. The van der Waals surface area contributed by atoms with E-state index in [0.717, 1.165) is 39.7 Å². The van der Waals surface area contributed by atoms with Gasteiger partial charge in [-0.1, -0.05) is 18.2 Å². The topological polar surface area (TPSA) is 60.5 Å². The molecule has 2 aromatic carbocycles. The number of ether oxygens (including phenoxy) is 2. The van der Waals surface area contributed by atoms with Gasteiger partial charge in [-0.05, 0) is 48.7 Å². The summed E-state index contributed by atoms with van der Waals surface area (Å²) in [6.07, 6.45) is 1.80. The summed E-state index contributed by atoms with van der Waals surface area (Å²) in [7, 11) is 3.31. The van der Waals surface area contributed by atoms with Gasteiger partial charge >= 0.3 is 0 Å². The van der Waals surface area contributed by atoms with Crippen molar-refractivity contribution in [3.8, 4) is 22.1 Å². The minimum absolute atomic E-state index is 0.0360. The number of amides is 1. The molecule has 1 aromatic heterocycles. The Kier molecular flexibility index (Phi) is 7.03. The van der Waals surface area contributed by atoms with Crippen molar-refractivity contribution in [3.05, 3.63) is 65.2 Å². The van der Waals surface area contributed by atoms with Crippen LogP contribution in [0.2, 0.25) is 0 Å². The third kappa shape index (κ3) is 5.33. The molecular weight excluding hydrogens is 372 g/mol. The number of para-hydroxylation sites is 1. The molecule has 0 aliphatic rings. The maximum atomic E-state index is 12.1. The van der Waals surface area contributed by atoms with Gasteiger partial charge in [0.1, 0.15) is 16.5 Å². The maximum Gasteiger partial charge on any atom is 0.220 e. The van der Waals surface area contributed by atoms with Crippen LogP contribution in [0.4, 0.5) is 0 Å². The number of rotatable bonds is 9. The van der Waals surface area contributed by atoms with Crippen molar-refractivity contribution >= 4 is 17.2 Å². The molecule has 1 amide bonds. The zero-order valence-electron chi connectivity index (χ0n) is 16.1. The lowest BCUT2D eigenvalue weighted by Crippen LogP contribution is -2.26. The molecule has 1 N–H and O–H groups in total. The molecule has 0 aliphatic carbocycles. The highest BCUT2D eigenvalue weighted by Crippen LogP contribution is 2.26. The van der Waals surface area contributed by atoms with E-state index in [1.165, 1.54) is 0 Å². The Labute approximate surface area is 169 Å². The van der Waals surface area contributed by atoms with Crippen LogP contribution in [0.3, 0.4) is 0 Å². The molecule has 28 heavy (non-hydrogen) atoms. The third-order valence-electron chi connectivity index (χ3n) is 4.41. The molecule has 6 heteroatoms. The Bertz CT molecular complexity index is 906. The van der Waals surface area contributed by atoms with E-state index in [2.05, 4.69) is 10.3 Å². The Morgan fingerprint density at radius 3 is 2.57 bits per heavy atom. The molecule has 0 radical (unpaired) electrons. The van der Waals surface area contributed by atoms with Crippen LogP contribution in [0, 0.1) is 0 Å². The van der Waals surface area contributed by atoms with Crippen LogP contribution >= 0.6 is 11.3 Å². The van der Waals surface area contributed by atoms with Gasteiger partial charge < -0.3 is 14.8 Å². The predicted molar refractivity (Wildman–Crippen MR) is 112 cm³/mol. The smallest absolute Gasteiger partial charge is 0.220 e. The molecule has 3 rings (SSSR count). The van der Waals surface area contributed by atoms with Gasteiger partial charge in [0.05, 0.1) is 19.9 Å². The number of nitrogens with one attached hydrogen (secondary N) is 1. The summed E-state index contributed by atoms with van der Waals surface area (Å²) in [6.45, 7) is 0.591. The molecule has 0 atom stereocenters. The number of nitrogens with zero attached hydrogens (tertiary/aromatic N) is 1. The number of benzene rings is 2. The van der Waals surface area contributed by atoms with Gasteiger partial charge in [0.25, 0.3) is 0 Å². The molecule has 0 aliphatic heterocycles. The van der Waals surface area contributed by atoms with Gasteiger partial charge in [0.15, 0.2) is 0 Å². The number of aromatic nitrogens is 1. The minimum Gasteiger partial charge on any atom is -0.497 e. The lowest BCUT2D eigenvalue weighted by atomic mass is 10.1. The quantitative estimate of drug-likeness (QED) is 0.591. The first-order chi connectivity index (χ1) is 13.7. The standard InChI is InChI=1S/C22H24N2O3S/c1-26-19-10-7-17(8-11-19)22-24-18(15-28-22)9-12-21(25)23-14-13-16-5-3-4-6-20(16)27-2/h3-8,10-11,15H,9,12-14H2,1-2H3,(H,23,25). The van der Waals surface area contributed by atoms with Crippen molar-refractivity contribution in [1.29, 1.82) is 0 Å². The zero-order chi connectivity index (χ0) is 19.8. The summed E-state index contributed by atoms with van der Waals surface area (Å²) in [4.78, 5) is 16.8. The van der Waals surface area contributed by atoms with Gasteiger partial charge in [-0.25, -0.2) is 4.98 Å². The van der Waals surface area contributed by atoms with Crippen LogP contribution in [0.5, 0.6) is 11.5 Å². The number of thiazole rings is 1. The van der Waals surface area contributed by atoms with Crippen LogP contribution in [0.15, 0.2) is 53.9 Å². The fraction of sp³-hybridized carbons (Fsp3) is 0.273. The van der Waals surface area contributed by atoms with Crippen LogP contribution in [-0.2, 0) is 17.6 Å². The molecule has 0 bridgehead atoms. The van der Waals surface area contributed by atoms with E-state index in [0.29, 0.717) is 19.4 Å². The molecule has 5 nitrogen and oxygen atoms in total. The predicted octanol–water partition coefficient (Wildman–Crippen LogP) is 4.12. The summed E-state index contributed by atoms with van der Waals surface area (Å²) < 4.78 is 10.5. The number of hydrogen-bond acceptors (Lipinski definition) is 5. The molecule has 0 spiro atoms. The van der Waals surface area contributed by atoms with E-state index < -0.39 is 0 Å². The summed E-state index contributed by atoms with van der Waals surface area (Å²) in [5, 5.41) is 5.94. The lowest BCUT2D eigenvalue weighted by Gasteiger charge is -2.09. The number of aryl methyl sites for hydroxylation is 1. The maximum absolute atomic E-state index is 12.1. The van der Waals surface area contributed by atoms with Crippen molar-refractivity contribution in [3.63, 3.8) is 0 Å². The number of carbonyl (C=O) groups is 1. The molecule has 0 saturated heterocycles. The van der Waals surface area contributed by atoms with Crippen molar-refractivity contribution in [2.75, 3.05) is 20.8 Å². The lowest BCUT2D eigenvalue weighted by molar-refractivity contribution is -0.121. The minimum atomic E-state index is 0.0360. The van der Waals surface area contributed by atoms with Crippen molar-refractivity contribution < 1.29 is 14.3 Å². The molecule has 0 fully saturated rings. The monoisotopic (exact) mass is 396 g/mol. The summed E-state index contributed by atoms with van der Waals surface area (Å²) >= 11 is 1.59. The fourth-order valence-electron chi connectivity index (χ4n) is 2.86. The first-order valence-corrected chi connectivity index (χ1v) is 10.0. The van der Waals surface area contributed by atoms with Crippen LogP contribution in [0.1, 0.15) is 17.7 Å². The summed E-state index contributed by atoms with van der Waals surface area (Å²) in [6, 6.07) is 15.7. The fourth-order valence-corrected chi connectivity index (χ4v) is 3.72. The van der Waals surface area contributed by atoms with Gasteiger partial charge in [0, 0.05) is 23.9 Å². The molecular formula is C22H24N2O3S. The zero-order valence-corrected chi connectivity index (χ0v) is 16.9. The second kappa shape index (κ2) is 9.90. The van der Waals surface area contributed by atoms with E-state index in [-0.39, 0.29) is 5.91 Å². The first-order valence-electron chi connectivity index (χ1n) is 9.17. The Hall–Kier alpha value is -2.86. The highest BCUT2D eigenvalue weighted by Gasteiger charge is 2.08. The normalized spacial score (nSPS) is 10.5. The number of carbonyl (C=O) groups excluding carboxylic acids is 1. The second-order valence-corrected chi connectivity index (χ2v) is 7.14. The first kappa shape index (κ1) is 19.9. The average molecular weight is 397 g/mol. The molecule has 0 unspecified atom stereocenters. The largest absolute Gasteiger partial charge is 0.497 e. The van der Waals surface area contributed by atoms with Crippen LogP contribution in [0.25, 0.3) is 10.6 Å². The Balaban J connectivity index is 1.45. The molecule has 0 saturated carbocycles. The van der Waals surface area contributed by atoms with E-state index in [1.807, 2.05) is 53.9 Å². The molecule has 1 heterocycles. The van der Waals surface area contributed by atoms with Gasteiger partial charge in [-0.3, -0.25) is 4.79 Å². The highest BCUT2D eigenvalue weighted by molar-refractivity contribution is 7.13. The van der Waals surface area contributed by atoms with E-state index in [4.69, 9.17) is 9.47 Å². The summed E-state index contributed by atoms with van der Waals surface area (Å²) in [5.41, 5.74) is 3.09. The SMILES string of the molecule is COc1ccc(-c2nc(CCC(=O)NCCc3ccccc3OC)cs2)cc1. The van der Waals surface area contributed by atoms with Crippen molar-refractivity contribution in [2.24, 2.45) is 0 Å². The number of hydrogen-bond donors (Lipinski definition) is 1. The van der Waals surface area contributed by atoms with Gasteiger partial charge in [0.2, 0.25) is 5.91 Å². The van der Waals surface area contributed by atoms with Crippen molar-refractivity contribution in [2.45, 2.75) is 19.3 Å². The van der Waals surface area contributed by atoms with Gasteiger partial charge in [-0.2, -0.15) is 0 Å². The summed E-state index contributed by atoms with van der Waals surface area (Å²) in [5.74, 6) is 1.71. The van der Waals surface area contributed by atoms with E-state index in [1.54, 1.807) is 25.6 Å². The Morgan fingerprint density at radius 1 is 1.04 bits per heavy atom. The van der Waals surface area contributed by atoms with Crippen LogP contribution in [-0.4, -0.2) is 31.7 Å². The Morgan fingerprint density at radius 2 is 1.82 bits per heavy atom. The third-order valence-corrected chi connectivity index (χ3v) is 5.35. The van der Waals surface area contributed by atoms with Gasteiger partial charge in [-0.15, -0.1) is 11.3 Å². The number of methoxy groups -OCH3 is 2. The second-order valence-electron chi connectivity index (χ2n) is 6.28. The van der Waals surface area contributed by atoms with E-state index in [9.17, 15) is 4.79 Å². The van der Waals surface area contributed by atoms with Crippen molar-refractivity contribution in [1.82, 2.24) is 10.3 Å². The van der Waals surface area contributed by atoms with E-state index >= 15 is 0 Å². The molecule has 146 valence electrons. The highest BCUT2D eigenvalue weighted by atomic mass is 32.1. The van der Waals surface area contributed by atoms with Crippen LogP contribution < -0.4 is 14.8 Å². The molecule has 3 aromatic rings.